The summed E-state index contributed by atoms with van der Waals surface area (Å²) in [6, 6.07) is 1.75. The Hall–Kier alpha value is -1.20. The number of ketones is 1. The Bertz CT molecular complexity index is 443. The first kappa shape index (κ1) is 12.3. The minimum absolute atomic E-state index is 0.328. The number of likely N-dealkylation sites (tertiary alicyclic amines) is 1. The van der Waals surface area contributed by atoms with Gasteiger partial charge in [-0.25, -0.2) is 4.79 Å². The number of thiophene rings is 1. The summed E-state index contributed by atoms with van der Waals surface area (Å²) < 4.78 is 0. The molecule has 0 unspecified atom stereocenters. The van der Waals surface area contributed by atoms with Crippen molar-refractivity contribution >= 4 is 23.1 Å². The lowest BCUT2D eigenvalue weighted by Crippen LogP contribution is -2.33. The van der Waals surface area contributed by atoms with Gasteiger partial charge >= 0.3 is 5.97 Å². The molecule has 0 spiro atoms. The van der Waals surface area contributed by atoms with Gasteiger partial charge in [-0.15, -0.1) is 11.3 Å². The summed E-state index contributed by atoms with van der Waals surface area (Å²) in [5.74, 6) is -0.535. The first-order chi connectivity index (χ1) is 8.06. The van der Waals surface area contributed by atoms with Crippen molar-refractivity contribution in [2.45, 2.75) is 26.3 Å². The summed E-state index contributed by atoms with van der Waals surface area (Å²) in [7, 11) is 0. The van der Waals surface area contributed by atoms with Gasteiger partial charge in [-0.3, -0.25) is 9.69 Å². The number of nitrogens with zero attached hydrogens (tertiary/aromatic N) is 1. The van der Waals surface area contributed by atoms with E-state index in [0.29, 0.717) is 23.5 Å². The first-order valence-electron chi connectivity index (χ1n) is 5.63. The van der Waals surface area contributed by atoms with Crippen LogP contribution < -0.4 is 0 Å². The molecule has 5 heteroatoms. The van der Waals surface area contributed by atoms with Crippen LogP contribution in [-0.2, 0) is 11.3 Å². The lowest BCUT2D eigenvalue weighted by atomic mass is 10.1. The van der Waals surface area contributed by atoms with Crippen LogP contribution in [0.25, 0.3) is 0 Å². The van der Waals surface area contributed by atoms with Crippen LogP contribution >= 0.6 is 11.3 Å². The first-order valence-corrected chi connectivity index (χ1v) is 6.44. The third-order valence-electron chi connectivity index (χ3n) is 3.04. The van der Waals surface area contributed by atoms with Crippen molar-refractivity contribution in [1.29, 1.82) is 0 Å². The zero-order valence-electron chi connectivity index (χ0n) is 9.73. The van der Waals surface area contributed by atoms with Crippen molar-refractivity contribution in [1.82, 2.24) is 4.90 Å². The summed E-state index contributed by atoms with van der Waals surface area (Å²) in [6.45, 7) is 4.28. The number of piperidine rings is 1. The van der Waals surface area contributed by atoms with E-state index in [2.05, 4.69) is 4.90 Å². The number of hydrogen-bond acceptors (Lipinski definition) is 4. The number of hydrogen-bond donors (Lipinski definition) is 1. The van der Waals surface area contributed by atoms with E-state index in [-0.39, 0.29) is 0 Å². The molecule has 1 aliphatic heterocycles. The molecule has 2 rings (SSSR count). The normalized spacial score (nSPS) is 17.4. The number of carboxylic acids is 1. The van der Waals surface area contributed by atoms with Gasteiger partial charge in [0, 0.05) is 37.4 Å². The second kappa shape index (κ2) is 4.98. The second-order valence-electron chi connectivity index (χ2n) is 4.31. The number of carboxylic acid groups (broad SMARTS) is 1. The van der Waals surface area contributed by atoms with Crippen molar-refractivity contribution in [2.75, 3.05) is 13.1 Å². The maximum Gasteiger partial charge on any atom is 0.345 e. The van der Waals surface area contributed by atoms with Gasteiger partial charge in [0.2, 0.25) is 0 Å². The standard InChI is InChI=1S/C12H15NO3S/c1-8-9(6-11(17-8)12(15)16)7-13-4-2-10(14)3-5-13/h6H,2-5,7H2,1H3,(H,15,16). The van der Waals surface area contributed by atoms with Crippen molar-refractivity contribution in [3.63, 3.8) is 0 Å². The topological polar surface area (TPSA) is 57.6 Å². The summed E-state index contributed by atoms with van der Waals surface area (Å²) in [5, 5.41) is 8.92. The highest BCUT2D eigenvalue weighted by Gasteiger charge is 2.18. The van der Waals surface area contributed by atoms with Gasteiger partial charge in [-0.2, -0.15) is 0 Å². The molecule has 1 fully saturated rings. The quantitative estimate of drug-likeness (QED) is 0.894. The largest absolute Gasteiger partial charge is 0.477 e. The van der Waals surface area contributed by atoms with Crippen LogP contribution in [0.5, 0.6) is 0 Å². The van der Waals surface area contributed by atoms with Crippen LogP contribution in [0.4, 0.5) is 0 Å². The van der Waals surface area contributed by atoms with Gasteiger partial charge in [-0.05, 0) is 18.6 Å². The van der Waals surface area contributed by atoms with Crippen LogP contribution in [-0.4, -0.2) is 34.8 Å². The van der Waals surface area contributed by atoms with Gasteiger partial charge in [0.15, 0.2) is 0 Å². The molecule has 0 bridgehead atoms. The monoisotopic (exact) mass is 253 g/mol. The molecule has 1 aromatic rings. The number of aromatic carboxylic acids is 1. The average Bonchev–Trinajstić information content (AvgIpc) is 2.64. The zero-order valence-corrected chi connectivity index (χ0v) is 10.5. The Kier molecular flexibility index (Phi) is 3.59. The maximum absolute atomic E-state index is 11.1. The number of Topliss-reactive ketones (excluding diaryl/α,β-unsaturated/α-hetero) is 1. The molecule has 2 heterocycles. The van der Waals surface area contributed by atoms with Gasteiger partial charge in [0.1, 0.15) is 10.7 Å². The van der Waals surface area contributed by atoms with Gasteiger partial charge in [0.25, 0.3) is 0 Å². The third kappa shape index (κ3) is 2.92. The molecule has 4 nitrogen and oxygen atoms in total. The molecule has 1 aromatic heterocycles. The summed E-state index contributed by atoms with van der Waals surface area (Å²) >= 11 is 1.32. The van der Waals surface area contributed by atoms with E-state index >= 15 is 0 Å². The van der Waals surface area contributed by atoms with E-state index in [1.807, 2.05) is 6.92 Å². The van der Waals surface area contributed by atoms with Crippen LogP contribution in [0.15, 0.2) is 6.07 Å². The van der Waals surface area contributed by atoms with E-state index < -0.39 is 5.97 Å². The summed E-state index contributed by atoms with van der Waals surface area (Å²) in [4.78, 5) is 25.6. The van der Waals surface area contributed by atoms with Crippen molar-refractivity contribution < 1.29 is 14.7 Å². The fraction of sp³-hybridized carbons (Fsp3) is 0.500. The second-order valence-corrected chi connectivity index (χ2v) is 5.57. The fourth-order valence-corrected chi connectivity index (χ4v) is 2.86. The lowest BCUT2D eigenvalue weighted by Gasteiger charge is -2.25. The predicted octanol–water partition coefficient (Wildman–Crippen LogP) is 1.92. The van der Waals surface area contributed by atoms with E-state index in [0.717, 1.165) is 30.1 Å². The lowest BCUT2D eigenvalue weighted by molar-refractivity contribution is -0.121. The van der Waals surface area contributed by atoms with E-state index in [1.54, 1.807) is 6.07 Å². The minimum atomic E-state index is -0.863. The fourth-order valence-electron chi connectivity index (χ4n) is 1.98. The molecule has 0 radical (unpaired) electrons. The molecule has 0 amide bonds. The molecule has 0 saturated carbocycles. The highest BCUT2D eigenvalue weighted by Crippen LogP contribution is 2.23. The van der Waals surface area contributed by atoms with E-state index in [1.165, 1.54) is 11.3 Å². The Labute approximate surface area is 104 Å². The number of carbonyl (C=O) groups excluding carboxylic acids is 1. The molecule has 1 aliphatic rings. The number of rotatable bonds is 3. The van der Waals surface area contributed by atoms with Crippen molar-refractivity contribution in [3.8, 4) is 0 Å². The van der Waals surface area contributed by atoms with Crippen LogP contribution in [0.2, 0.25) is 0 Å². The SMILES string of the molecule is Cc1sc(C(=O)O)cc1CN1CCC(=O)CC1. The Balaban J connectivity index is 2.03. The average molecular weight is 253 g/mol. The van der Waals surface area contributed by atoms with E-state index in [9.17, 15) is 9.59 Å². The molecule has 92 valence electrons. The van der Waals surface area contributed by atoms with Gasteiger partial charge < -0.3 is 5.11 Å². The molecular formula is C12H15NO3S. The summed E-state index contributed by atoms with van der Waals surface area (Å²) in [6.07, 6.45) is 1.24. The molecule has 0 aromatic carbocycles. The van der Waals surface area contributed by atoms with Gasteiger partial charge in [-0.1, -0.05) is 0 Å². The Morgan fingerprint density at radius 1 is 1.47 bits per heavy atom. The highest BCUT2D eigenvalue weighted by atomic mass is 32.1. The zero-order chi connectivity index (χ0) is 12.4. The van der Waals surface area contributed by atoms with Crippen LogP contribution in [0.3, 0.4) is 0 Å². The van der Waals surface area contributed by atoms with E-state index in [4.69, 9.17) is 5.11 Å². The molecule has 1 saturated heterocycles. The molecule has 0 aliphatic carbocycles. The summed E-state index contributed by atoms with van der Waals surface area (Å²) in [5.41, 5.74) is 1.07. The molecule has 17 heavy (non-hydrogen) atoms. The van der Waals surface area contributed by atoms with Crippen LogP contribution in [0.1, 0.15) is 33.0 Å². The highest BCUT2D eigenvalue weighted by molar-refractivity contribution is 7.14. The number of aryl methyl sites for hydroxylation is 1. The minimum Gasteiger partial charge on any atom is -0.477 e. The third-order valence-corrected chi connectivity index (χ3v) is 4.12. The van der Waals surface area contributed by atoms with Crippen molar-refractivity contribution in [2.24, 2.45) is 0 Å². The van der Waals surface area contributed by atoms with Crippen molar-refractivity contribution in [3.05, 3.63) is 21.4 Å². The Morgan fingerprint density at radius 2 is 2.12 bits per heavy atom. The maximum atomic E-state index is 11.1. The Morgan fingerprint density at radius 3 is 2.65 bits per heavy atom. The molecular weight excluding hydrogens is 238 g/mol. The smallest absolute Gasteiger partial charge is 0.345 e. The van der Waals surface area contributed by atoms with Gasteiger partial charge in [0.05, 0.1) is 0 Å². The predicted molar refractivity (Wildman–Crippen MR) is 65.5 cm³/mol. The molecule has 1 N–H and O–H groups in total. The molecule has 0 atom stereocenters. The van der Waals surface area contributed by atoms with Crippen LogP contribution in [0, 0.1) is 6.92 Å². The number of carbonyl (C=O) groups is 2.